The maximum Gasteiger partial charge on any atom is 0.249 e. The van der Waals surface area contributed by atoms with E-state index in [0.717, 1.165) is 11.8 Å². The van der Waals surface area contributed by atoms with E-state index in [1.807, 2.05) is 0 Å². The highest BCUT2D eigenvalue weighted by molar-refractivity contribution is 7.99. The van der Waals surface area contributed by atoms with Crippen LogP contribution in [-0.4, -0.2) is 21.7 Å². The standard InChI is InChI=1S/C13H12FN5O2S/c1-19-6-5-12(17-19)21-7-10-9(13(20)16-18-15)3-2-4-11(10)22-8-14/h2-6H,7-8H2,1H3. The summed E-state index contributed by atoms with van der Waals surface area (Å²) in [6.07, 6.45) is 1.71. The molecule has 0 aliphatic heterocycles. The van der Waals surface area contributed by atoms with Crippen molar-refractivity contribution in [2.75, 3.05) is 6.01 Å². The van der Waals surface area contributed by atoms with Gasteiger partial charge in [0.25, 0.3) is 0 Å². The highest BCUT2D eigenvalue weighted by atomic mass is 32.2. The number of halogens is 1. The van der Waals surface area contributed by atoms with Crippen LogP contribution in [0.1, 0.15) is 15.9 Å². The third-order valence-electron chi connectivity index (χ3n) is 2.76. The number of benzene rings is 1. The fraction of sp³-hybridized carbons (Fsp3) is 0.231. The molecule has 0 radical (unpaired) electrons. The van der Waals surface area contributed by atoms with Crippen LogP contribution in [0.3, 0.4) is 0 Å². The largest absolute Gasteiger partial charge is 0.472 e. The van der Waals surface area contributed by atoms with Crippen LogP contribution in [0.15, 0.2) is 40.5 Å². The Balaban J connectivity index is 2.32. The Kier molecular flexibility index (Phi) is 5.40. The highest BCUT2D eigenvalue weighted by Crippen LogP contribution is 2.27. The Morgan fingerprint density at radius 1 is 1.55 bits per heavy atom. The summed E-state index contributed by atoms with van der Waals surface area (Å²) in [5, 5.41) is 7.14. The van der Waals surface area contributed by atoms with E-state index >= 15 is 0 Å². The molecule has 0 fully saturated rings. The van der Waals surface area contributed by atoms with Gasteiger partial charge in [0, 0.05) is 40.2 Å². The Morgan fingerprint density at radius 3 is 3.00 bits per heavy atom. The van der Waals surface area contributed by atoms with Gasteiger partial charge in [-0.15, -0.1) is 5.10 Å². The molecule has 1 amide bonds. The summed E-state index contributed by atoms with van der Waals surface area (Å²) in [4.78, 5) is 14.9. The minimum Gasteiger partial charge on any atom is -0.472 e. The van der Waals surface area contributed by atoms with Crippen LogP contribution < -0.4 is 4.74 Å². The summed E-state index contributed by atoms with van der Waals surface area (Å²) >= 11 is 0.933. The molecule has 0 unspecified atom stereocenters. The van der Waals surface area contributed by atoms with Gasteiger partial charge < -0.3 is 4.74 Å². The third-order valence-corrected chi connectivity index (χ3v) is 3.57. The number of alkyl halides is 1. The van der Waals surface area contributed by atoms with Crippen LogP contribution in [0.4, 0.5) is 4.39 Å². The van der Waals surface area contributed by atoms with Gasteiger partial charge in [-0.3, -0.25) is 9.48 Å². The van der Waals surface area contributed by atoms with Crippen molar-refractivity contribution in [1.29, 1.82) is 0 Å². The molecular formula is C13H12FN5O2S. The SMILES string of the molecule is Cn1ccc(OCc2c(SCF)cccc2C(=O)N=[N+]=[N-])n1. The molecule has 114 valence electrons. The number of carbonyl (C=O) groups is 1. The summed E-state index contributed by atoms with van der Waals surface area (Å²) in [6.45, 7) is 0.0161. The molecule has 1 aromatic heterocycles. The number of azide groups is 1. The van der Waals surface area contributed by atoms with Gasteiger partial charge in [-0.25, -0.2) is 4.39 Å². The van der Waals surface area contributed by atoms with Crippen LogP contribution in [0.5, 0.6) is 5.88 Å². The molecule has 0 bridgehead atoms. The lowest BCUT2D eigenvalue weighted by atomic mass is 10.1. The molecule has 22 heavy (non-hydrogen) atoms. The van der Waals surface area contributed by atoms with E-state index in [2.05, 4.69) is 15.1 Å². The number of thioether (sulfide) groups is 1. The van der Waals surface area contributed by atoms with Crippen LogP contribution >= 0.6 is 11.8 Å². The Hall–Kier alpha value is -2.51. The Bertz CT molecular complexity index is 727. The maximum absolute atomic E-state index is 12.6. The van der Waals surface area contributed by atoms with Crippen molar-refractivity contribution in [2.24, 2.45) is 12.2 Å². The topological polar surface area (TPSA) is 92.9 Å². The monoisotopic (exact) mass is 321 g/mol. The van der Waals surface area contributed by atoms with E-state index in [9.17, 15) is 9.18 Å². The predicted molar refractivity (Wildman–Crippen MR) is 79.3 cm³/mol. The van der Waals surface area contributed by atoms with Crippen molar-refractivity contribution >= 4 is 17.7 Å². The predicted octanol–water partition coefficient (Wildman–Crippen LogP) is 3.47. The van der Waals surface area contributed by atoms with Gasteiger partial charge in [-0.05, 0) is 16.7 Å². The zero-order valence-electron chi connectivity index (χ0n) is 11.6. The normalized spacial score (nSPS) is 10.1. The molecule has 0 saturated carbocycles. The molecule has 2 rings (SSSR count). The summed E-state index contributed by atoms with van der Waals surface area (Å²) in [6, 6.07) is 5.81. The molecule has 0 spiro atoms. The van der Waals surface area contributed by atoms with Crippen molar-refractivity contribution < 1.29 is 13.9 Å². The van der Waals surface area contributed by atoms with E-state index < -0.39 is 11.9 Å². The minimum atomic E-state index is -0.733. The second-order valence-electron chi connectivity index (χ2n) is 4.15. The molecule has 0 N–H and O–H groups in total. The van der Waals surface area contributed by atoms with Gasteiger partial charge in [0.15, 0.2) is 0 Å². The number of ether oxygens (including phenoxy) is 1. The quantitative estimate of drug-likeness (QED) is 0.352. The van der Waals surface area contributed by atoms with E-state index in [0.29, 0.717) is 16.3 Å². The molecule has 0 saturated heterocycles. The first-order valence-corrected chi connectivity index (χ1v) is 7.16. The van der Waals surface area contributed by atoms with E-state index in [-0.39, 0.29) is 12.2 Å². The average molecular weight is 321 g/mol. The number of hydrogen-bond donors (Lipinski definition) is 0. The first-order chi connectivity index (χ1) is 10.7. The average Bonchev–Trinajstić information content (AvgIpc) is 2.92. The van der Waals surface area contributed by atoms with Gasteiger partial charge >= 0.3 is 0 Å². The first kappa shape index (κ1) is 15.9. The minimum absolute atomic E-state index is 0.0161. The number of aromatic nitrogens is 2. The highest BCUT2D eigenvalue weighted by Gasteiger charge is 2.15. The molecule has 9 heteroatoms. The number of nitrogens with zero attached hydrogens (tertiary/aromatic N) is 5. The summed E-state index contributed by atoms with van der Waals surface area (Å²) in [5.74, 6) is -0.354. The summed E-state index contributed by atoms with van der Waals surface area (Å²) in [7, 11) is 1.75. The second kappa shape index (κ2) is 7.48. The smallest absolute Gasteiger partial charge is 0.249 e. The van der Waals surface area contributed by atoms with Crippen molar-refractivity contribution in [1.82, 2.24) is 9.78 Å². The van der Waals surface area contributed by atoms with Gasteiger partial charge in [-0.2, -0.15) is 0 Å². The van der Waals surface area contributed by atoms with Gasteiger partial charge in [-0.1, -0.05) is 23.9 Å². The number of amides is 1. The third kappa shape index (κ3) is 3.78. The molecule has 0 aliphatic carbocycles. The Morgan fingerprint density at radius 2 is 2.36 bits per heavy atom. The molecule has 1 heterocycles. The van der Waals surface area contributed by atoms with Crippen LogP contribution in [-0.2, 0) is 13.7 Å². The van der Waals surface area contributed by atoms with E-state index in [1.54, 1.807) is 36.1 Å². The summed E-state index contributed by atoms with van der Waals surface area (Å²) in [5.41, 5.74) is 9.05. The van der Waals surface area contributed by atoms with Crippen molar-refractivity contribution in [2.45, 2.75) is 11.5 Å². The number of rotatable bonds is 6. The molecule has 2 aromatic rings. The van der Waals surface area contributed by atoms with Crippen molar-refractivity contribution in [3.8, 4) is 5.88 Å². The van der Waals surface area contributed by atoms with Crippen LogP contribution in [0.2, 0.25) is 0 Å². The fourth-order valence-electron chi connectivity index (χ4n) is 1.82. The first-order valence-electron chi connectivity index (χ1n) is 6.18. The van der Waals surface area contributed by atoms with Crippen molar-refractivity contribution in [3.05, 3.63) is 52.0 Å². The molecule has 0 aliphatic rings. The molecule has 1 aromatic carbocycles. The van der Waals surface area contributed by atoms with Crippen molar-refractivity contribution in [3.63, 3.8) is 0 Å². The van der Waals surface area contributed by atoms with Gasteiger partial charge in [0.1, 0.15) is 12.6 Å². The number of hydrogen-bond acceptors (Lipinski definition) is 4. The Labute approximate surface area is 129 Å². The van der Waals surface area contributed by atoms with Crippen LogP contribution in [0, 0.1) is 0 Å². The maximum atomic E-state index is 12.6. The lowest BCUT2D eigenvalue weighted by molar-refractivity contribution is 0.0997. The number of carbonyl (C=O) groups excluding carboxylic acids is 1. The lowest BCUT2D eigenvalue weighted by Crippen LogP contribution is -2.06. The zero-order valence-corrected chi connectivity index (χ0v) is 12.5. The molecule has 0 atom stereocenters. The van der Waals surface area contributed by atoms with Gasteiger partial charge in [0.05, 0.1) is 0 Å². The molecule has 7 nitrogen and oxygen atoms in total. The van der Waals surface area contributed by atoms with Crippen LogP contribution in [0.25, 0.3) is 10.4 Å². The fourth-order valence-corrected chi connectivity index (χ4v) is 2.46. The molecular weight excluding hydrogens is 309 g/mol. The van der Waals surface area contributed by atoms with E-state index in [4.69, 9.17) is 10.3 Å². The lowest BCUT2D eigenvalue weighted by Gasteiger charge is -2.12. The second-order valence-corrected chi connectivity index (χ2v) is 5.09. The van der Waals surface area contributed by atoms with E-state index in [1.165, 1.54) is 6.07 Å². The summed E-state index contributed by atoms with van der Waals surface area (Å²) < 4.78 is 19.7. The number of aryl methyl sites for hydroxylation is 1. The van der Waals surface area contributed by atoms with Gasteiger partial charge in [0.2, 0.25) is 11.8 Å². The zero-order chi connectivity index (χ0) is 15.9.